The van der Waals surface area contributed by atoms with Gasteiger partial charge in [0.15, 0.2) is 11.5 Å². The third kappa shape index (κ3) is 4.31. The molecule has 0 spiro atoms. The molecular formula is C20H30N2O4. The fourth-order valence-electron chi connectivity index (χ4n) is 4.23. The van der Waals surface area contributed by atoms with Crippen molar-refractivity contribution in [2.24, 2.45) is 5.92 Å². The van der Waals surface area contributed by atoms with Crippen LogP contribution in [0.3, 0.4) is 0 Å². The zero-order valence-electron chi connectivity index (χ0n) is 15.9. The molecule has 0 aromatic heterocycles. The molecule has 0 radical (unpaired) electrons. The summed E-state index contributed by atoms with van der Waals surface area (Å²) in [4.78, 5) is 4.82. The molecule has 0 amide bonds. The first-order chi connectivity index (χ1) is 12.7. The van der Waals surface area contributed by atoms with Gasteiger partial charge >= 0.3 is 0 Å². The molecule has 1 saturated carbocycles. The Balaban J connectivity index is 1.18. The molecule has 3 atom stereocenters. The van der Waals surface area contributed by atoms with Crippen LogP contribution in [0.1, 0.15) is 24.8 Å². The van der Waals surface area contributed by atoms with E-state index in [2.05, 4.69) is 36.0 Å². The van der Waals surface area contributed by atoms with E-state index in [0.29, 0.717) is 25.8 Å². The number of benzene rings is 1. The fraction of sp³-hybridized carbons (Fsp3) is 0.700. The Kier molecular flexibility index (Phi) is 5.64. The number of rotatable bonds is 7. The van der Waals surface area contributed by atoms with Crippen molar-refractivity contribution in [3.63, 3.8) is 0 Å². The van der Waals surface area contributed by atoms with Crippen LogP contribution < -0.4 is 9.47 Å². The van der Waals surface area contributed by atoms with Gasteiger partial charge in [0.1, 0.15) is 6.79 Å². The second-order valence-corrected chi connectivity index (χ2v) is 7.89. The van der Waals surface area contributed by atoms with Gasteiger partial charge in [0.25, 0.3) is 0 Å². The van der Waals surface area contributed by atoms with E-state index in [9.17, 15) is 0 Å². The Morgan fingerprint density at radius 3 is 2.65 bits per heavy atom. The average molecular weight is 362 g/mol. The number of likely N-dealkylation sites (N-methyl/N-ethyl adjacent to an activating group) is 2. The van der Waals surface area contributed by atoms with Crippen LogP contribution in [0.25, 0.3) is 0 Å². The van der Waals surface area contributed by atoms with Crippen LogP contribution >= 0.6 is 0 Å². The zero-order valence-corrected chi connectivity index (χ0v) is 15.9. The summed E-state index contributed by atoms with van der Waals surface area (Å²) in [6.45, 7) is 5.00. The SMILES string of the molecule is CN(CCN(C)CC1CCC2OCOC2C1)Cc1ccc2c(c1)OCO2. The van der Waals surface area contributed by atoms with Gasteiger partial charge < -0.3 is 28.7 Å². The van der Waals surface area contributed by atoms with Crippen molar-refractivity contribution in [1.82, 2.24) is 9.80 Å². The summed E-state index contributed by atoms with van der Waals surface area (Å²) in [6, 6.07) is 6.21. The molecular weight excluding hydrogens is 332 g/mol. The molecule has 1 aromatic rings. The molecule has 2 aliphatic heterocycles. The van der Waals surface area contributed by atoms with Gasteiger partial charge in [0.2, 0.25) is 6.79 Å². The van der Waals surface area contributed by atoms with E-state index in [1.165, 1.54) is 12.0 Å². The predicted molar refractivity (Wildman–Crippen MR) is 98.4 cm³/mol. The third-order valence-electron chi connectivity index (χ3n) is 5.73. The highest BCUT2D eigenvalue weighted by Crippen LogP contribution is 2.33. The van der Waals surface area contributed by atoms with Crippen molar-refractivity contribution in [2.75, 3.05) is 47.3 Å². The standard InChI is InChI=1S/C20H30N2O4/c1-21(11-15-3-5-17-19(9-15)25-13-23-17)7-8-22(2)12-16-4-6-18-20(10-16)26-14-24-18/h3,5,9,16,18,20H,4,6-8,10-14H2,1-2H3. The highest BCUT2D eigenvalue weighted by Gasteiger charge is 2.36. The third-order valence-corrected chi connectivity index (χ3v) is 5.73. The van der Waals surface area contributed by atoms with Gasteiger partial charge in [-0.3, -0.25) is 0 Å². The Morgan fingerprint density at radius 1 is 0.923 bits per heavy atom. The van der Waals surface area contributed by atoms with Gasteiger partial charge in [-0.15, -0.1) is 0 Å². The number of fused-ring (bicyclic) bond motifs is 2. The zero-order chi connectivity index (χ0) is 17.9. The molecule has 1 saturated heterocycles. The number of nitrogens with zero attached hydrogens (tertiary/aromatic N) is 2. The molecule has 4 rings (SSSR count). The molecule has 0 bridgehead atoms. The minimum atomic E-state index is 0.329. The van der Waals surface area contributed by atoms with Crippen LogP contribution in [0.4, 0.5) is 0 Å². The summed E-state index contributed by atoms with van der Waals surface area (Å²) in [6.07, 6.45) is 4.22. The van der Waals surface area contributed by atoms with Crippen LogP contribution in [-0.2, 0) is 16.0 Å². The van der Waals surface area contributed by atoms with Gasteiger partial charge in [0.05, 0.1) is 12.2 Å². The summed E-state index contributed by atoms with van der Waals surface area (Å²) in [5, 5.41) is 0. The lowest BCUT2D eigenvalue weighted by Crippen LogP contribution is -2.38. The lowest BCUT2D eigenvalue weighted by atomic mass is 9.85. The smallest absolute Gasteiger partial charge is 0.231 e. The predicted octanol–water partition coefficient (Wildman–Crippen LogP) is 2.32. The van der Waals surface area contributed by atoms with Crippen LogP contribution in [-0.4, -0.2) is 69.3 Å². The summed E-state index contributed by atoms with van der Waals surface area (Å²) >= 11 is 0. The second-order valence-electron chi connectivity index (χ2n) is 7.89. The van der Waals surface area contributed by atoms with E-state index in [1.54, 1.807) is 0 Å². The number of ether oxygens (including phenoxy) is 4. The van der Waals surface area contributed by atoms with E-state index in [-0.39, 0.29) is 0 Å². The minimum Gasteiger partial charge on any atom is -0.454 e. The molecule has 1 aromatic carbocycles. The quantitative estimate of drug-likeness (QED) is 0.742. The average Bonchev–Trinajstić information content (AvgIpc) is 3.28. The van der Waals surface area contributed by atoms with E-state index < -0.39 is 0 Å². The van der Waals surface area contributed by atoms with Gasteiger partial charge in [-0.05, 0) is 57.0 Å². The van der Waals surface area contributed by atoms with Crippen molar-refractivity contribution >= 4 is 0 Å². The molecule has 2 heterocycles. The maximum absolute atomic E-state index is 5.70. The molecule has 1 aliphatic carbocycles. The lowest BCUT2D eigenvalue weighted by Gasteiger charge is -2.32. The van der Waals surface area contributed by atoms with Gasteiger partial charge in [-0.2, -0.15) is 0 Å². The minimum absolute atomic E-state index is 0.329. The van der Waals surface area contributed by atoms with Crippen molar-refractivity contribution in [3.05, 3.63) is 23.8 Å². The molecule has 26 heavy (non-hydrogen) atoms. The van der Waals surface area contributed by atoms with Crippen LogP contribution in [0.15, 0.2) is 18.2 Å². The molecule has 6 nitrogen and oxygen atoms in total. The maximum atomic E-state index is 5.70. The van der Waals surface area contributed by atoms with Crippen LogP contribution in [0.2, 0.25) is 0 Å². The van der Waals surface area contributed by atoms with E-state index in [0.717, 1.165) is 56.4 Å². The van der Waals surface area contributed by atoms with Crippen molar-refractivity contribution in [1.29, 1.82) is 0 Å². The highest BCUT2D eigenvalue weighted by atomic mass is 16.7. The van der Waals surface area contributed by atoms with Gasteiger partial charge in [-0.1, -0.05) is 6.07 Å². The van der Waals surface area contributed by atoms with Gasteiger partial charge in [-0.25, -0.2) is 0 Å². The first kappa shape index (κ1) is 18.0. The van der Waals surface area contributed by atoms with Crippen molar-refractivity contribution < 1.29 is 18.9 Å². The fourth-order valence-corrected chi connectivity index (χ4v) is 4.23. The highest BCUT2D eigenvalue weighted by molar-refractivity contribution is 5.44. The van der Waals surface area contributed by atoms with Crippen LogP contribution in [0.5, 0.6) is 11.5 Å². The monoisotopic (exact) mass is 362 g/mol. The van der Waals surface area contributed by atoms with Crippen molar-refractivity contribution in [3.8, 4) is 11.5 Å². The summed E-state index contributed by atoms with van der Waals surface area (Å²) < 4.78 is 22.2. The molecule has 6 heteroatoms. The molecule has 2 fully saturated rings. The summed E-state index contributed by atoms with van der Waals surface area (Å²) in [5.41, 5.74) is 1.26. The Labute approximate surface area is 155 Å². The molecule has 144 valence electrons. The Hall–Kier alpha value is -1.34. The normalized spacial score (nSPS) is 27.3. The summed E-state index contributed by atoms with van der Waals surface area (Å²) in [5.74, 6) is 2.44. The molecule has 0 N–H and O–H groups in total. The number of hydrogen-bond donors (Lipinski definition) is 0. The van der Waals surface area contributed by atoms with E-state index in [1.807, 2.05) is 6.07 Å². The lowest BCUT2D eigenvalue weighted by molar-refractivity contribution is 0.0382. The van der Waals surface area contributed by atoms with Gasteiger partial charge in [0, 0.05) is 26.2 Å². The first-order valence-corrected chi connectivity index (χ1v) is 9.66. The number of hydrogen-bond acceptors (Lipinski definition) is 6. The Morgan fingerprint density at radius 2 is 1.73 bits per heavy atom. The summed E-state index contributed by atoms with van der Waals surface area (Å²) in [7, 11) is 4.40. The topological polar surface area (TPSA) is 43.4 Å². The Bertz CT molecular complexity index is 611. The second kappa shape index (κ2) is 8.13. The largest absolute Gasteiger partial charge is 0.454 e. The first-order valence-electron chi connectivity index (χ1n) is 9.66. The molecule has 3 unspecified atom stereocenters. The van der Waals surface area contributed by atoms with E-state index in [4.69, 9.17) is 18.9 Å². The van der Waals surface area contributed by atoms with E-state index >= 15 is 0 Å². The molecule has 3 aliphatic rings. The van der Waals surface area contributed by atoms with Crippen LogP contribution in [0, 0.1) is 5.92 Å². The van der Waals surface area contributed by atoms with Crippen molar-refractivity contribution in [2.45, 2.75) is 38.0 Å². The maximum Gasteiger partial charge on any atom is 0.231 e.